The summed E-state index contributed by atoms with van der Waals surface area (Å²) in [4.78, 5) is 41.9. The van der Waals surface area contributed by atoms with Gasteiger partial charge in [-0.2, -0.15) is 0 Å². The first kappa shape index (κ1) is 23.0. The van der Waals surface area contributed by atoms with Crippen LogP contribution in [0.4, 0.5) is 0 Å². The van der Waals surface area contributed by atoms with Crippen LogP contribution < -0.4 is 5.43 Å². The van der Waals surface area contributed by atoms with E-state index in [-0.39, 0.29) is 29.7 Å². The van der Waals surface area contributed by atoms with Gasteiger partial charge in [-0.05, 0) is 43.7 Å². The second kappa shape index (κ2) is 9.77. The summed E-state index contributed by atoms with van der Waals surface area (Å²) < 4.78 is 11.1. The van der Waals surface area contributed by atoms with Crippen molar-refractivity contribution in [2.24, 2.45) is 0 Å². The SMILES string of the molecule is CCOC(=O)[C@H](c1ccc(Cl)cc1)N1CCN(C(=O)c2cc(=O)c3cc(C)ccc3o2)CC1. The van der Waals surface area contributed by atoms with E-state index in [0.717, 1.165) is 11.1 Å². The van der Waals surface area contributed by atoms with Gasteiger partial charge in [-0.15, -0.1) is 0 Å². The number of carbonyl (C=O) groups excluding carboxylic acids is 2. The van der Waals surface area contributed by atoms with E-state index in [9.17, 15) is 14.4 Å². The van der Waals surface area contributed by atoms with Gasteiger partial charge in [0.05, 0.1) is 12.0 Å². The van der Waals surface area contributed by atoms with Crippen LogP contribution in [-0.2, 0) is 9.53 Å². The number of piperazine rings is 1. The minimum Gasteiger partial charge on any atom is -0.465 e. The number of hydrogen-bond donors (Lipinski definition) is 0. The van der Waals surface area contributed by atoms with E-state index < -0.39 is 6.04 Å². The van der Waals surface area contributed by atoms with Gasteiger partial charge in [0.25, 0.3) is 5.91 Å². The molecule has 1 saturated heterocycles. The molecule has 1 fully saturated rings. The van der Waals surface area contributed by atoms with Crippen molar-refractivity contribution < 1.29 is 18.7 Å². The van der Waals surface area contributed by atoms with Crippen molar-refractivity contribution in [2.45, 2.75) is 19.9 Å². The van der Waals surface area contributed by atoms with Crippen LogP contribution in [0.5, 0.6) is 0 Å². The van der Waals surface area contributed by atoms with Crippen molar-refractivity contribution in [3.63, 3.8) is 0 Å². The second-order valence-electron chi connectivity index (χ2n) is 8.01. The topological polar surface area (TPSA) is 80.1 Å². The van der Waals surface area contributed by atoms with Crippen molar-refractivity contribution >= 4 is 34.4 Å². The predicted octanol–water partition coefficient (Wildman–Crippen LogP) is 3.82. The van der Waals surface area contributed by atoms with Gasteiger partial charge in [0.2, 0.25) is 0 Å². The third-order valence-electron chi connectivity index (χ3n) is 5.76. The lowest BCUT2D eigenvalue weighted by Crippen LogP contribution is -2.51. The molecule has 33 heavy (non-hydrogen) atoms. The Kier molecular flexibility index (Phi) is 6.81. The molecule has 2 heterocycles. The molecule has 2 aromatic carbocycles. The van der Waals surface area contributed by atoms with E-state index in [1.54, 1.807) is 36.1 Å². The van der Waals surface area contributed by atoms with Crippen molar-refractivity contribution in [2.75, 3.05) is 32.8 Å². The van der Waals surface area contributed by atoms with E-state index >= 15 is 0 Å². The second-order valence-corrected chi connectivity index (χ2v) is 8.45. The van der Waals surface area contributed by atoms with Gasteiger partial charge in [0.1, 0.15) is 11.6 Å². The molecule has 0 aliphatic carbocycles. The summed E-state index contributed by atoms with van der Waals surface area (Å²) in [6, 6.07) is 13.1. The fourth-order valence-electron chi connectivity index (χ4n) is 4.08. The Morgan fingerprint density at radius 1 is 1.06 bits per heavy atom. The number of rotatable bonds is 5. The maximum absolute atomic E-state index is 13.1. The van der Waals surface area contributed by atoms with Crippen LogP contribution in [0, 0.1) is 6.92 Å². The highest BCUT2D eigenvalue weighted by Gasteiger charge is 2.33. The lowest BCUT2D eigenvalue weighted by molar-refractivity contribution is -0.150. The van der Waals surface area contributed by atoms with Crippen LogP contribution >= 0.6 is 11.6 Å². The largest absolute Gasteiger partial charge is 0.465 e. The number of fused-ring (bicyclic) bond motifs is 1. The number of benzene rings is 2. The number of halogens is 1. The Morgan fingerprint density at radius 3 is 2.42 bits per heavy atom. The van der Waals surface area contributed by atoms with Crippen LogP contribution in [0.1, 0.15) is 34.6 Å². The zero-order valence-corrected chi connectivity index (χ0v) is 19.3. The van der Waals surface area contributed by atoms with Crippen LogP contribution in [0.25, 0.3) is 11.0 Å². The molecule has 0 bridgehead atoms. The molecule has 1 aliphatic rings. The molecule has 3 aromatic rings. The van der Waals surface area contributed by atoms with Gasteiger partial charge in [-0.3, -0.25) is 14.5 Å². The first-order valence-electron chi connectivity index (χ1n) is 10.9. The predicted molar refractivity (Wildman–Crippen MR) is 126 cm³/mol. The monoisotopic (exact) mass is 468 g/mol. The summed E-state index contributed by atoms with van der Waals surface area (Å²) in [5.74, 6) is -0.659. The molecule has 1 aromatic heterocycles. The number of hydrogen-bond acceptors (Lipinski definition) is 6. The van der Waals surface area contributed by atoms with Crippen LogP contribution in [0.3, 0.4) is 0 Å². The highest BCUT2D eigenvalue weighted by Crippen LogP contribution is 2.26. The third-order valence-corrected chi connectivity index (χ3v) is 6.01. The number of aryl methyl sites for hydroxylation is 1. The number of esters is 1. The molecule has 1 amide bonds. The van der Waals surface area contributed by atoms with Gasteiger partial charge < -0.3 is 14.1 Å². The lowest BCUT2D eigenvalue weighted by Gasteiger charge is -2.38. The average molecular weight is 469 g/mol. The van der Waals surface area contributed by atoms with Crippen molar-refractivity contribution in [1.82, 2.24) is 9.80 Å². The van der Waals surface area contributed by atoms with E-state index in [2.05, 4.69) is 0 Å². The molecule has 0 N–H and O–H groups in total. The summed E-state index contributed by atoms with van der Waals surface area (Å²) in [5.41, 5.74) is 1.88. The zero-order chi connectivity index (χ0) is 23.5. The van der Waals surface area contributed by atoms with Gasteiger partial charge in [-0.1, -0.05) is 35.4 Å². The highest BCUT2D eigenvalue weighted by atomic mass is 35.5. The van der Waals surface area contributed by atoms with Crippen LogP contribution in [-0.4, -0.2) is 54.5 Å². The maximum Gasteiger partial charge on any atom is 0.328 e. The summed E-state index contributed by atoms with van der Waals surface area (Å²) >= 11 is 6.01. The van der Waals surface area contributed by atoms with E-state index in [4.69, 9.17) is 20.8 Å². The molecule has 1 atom stereocenters. The Labute approximate surface area is 196 Å². The molecular weight excluding hydrogens is 444 g/mol. The molecule has 0 radical (unpaired) electrons. The number of nitrogens with zero attached hydrogens (tertiary/aromatic N) is 2. The Hall–Kier alpha value is -3.16. The lowest BCUT2D eigenvalue weighted by atomic mass is 10.0. The molecule has 8 heteroatoms. The fourth-order valence-corrected chi connectivity index (χ4v) is 4.20. The first-order chi connectivity index (χ1) is 15.9. The minimum atomic E-state index is -0.582. The first-order valence-corrected chi connectivity index (χ1v) is 11.2. The average Bonchev–Trinajstić information content (AvgIpc) is 2.81. The Bertz CT molecular complexity index is 1230. The maximum atomic E-state index is 13.1. The van der Waals surface area contributed by atoms with E-state index in [0.29, 0.717) is 42.2 Å². The van der Waals surface area contributed by atoms with Crippen LogP contribution in [0.15, 0.2) is 57.7 Å². The summed E-state index contributed by atoms with van der Waals surface area (Å²) in [5, 5.41) is 1.04. The van der Waals surface area contributed by atoms with Crippen molar-refractivity contribution in [3.8, 4) is 0 Å². The molecule has 4 rings (SSSR count). The fraction of sp³-hybridized carbons (Fsp3) is 0.320. The van der Waals surface area contributed by atoms with Gasteiger partial charge in [-0.25, -0.2) is 4.79 Å². The number of amides is 1. The minimum absolute atomic E-state index is 0.0180. The molecule has 0 saturated carbocycles. The van der Waals surface area contributed by atoms with Gasteiger partial charge >= 0.3 is 5.97 Å². The van der Waals surface area contributed by atoms with Gasteiger partial charge in [0.15, 0.2) is 11.2 Å². The smallest absolute Gasteiger partial charge is 0.328 e. The standard InChI is InChI=1S/C25H25ClN2O5/c1-3-32-25(31)23(17-5-7-18(26)8-6-17)27-10-12-28(13-11-27)24(30)22-15-20(29)19-14-16(2)4-9-21(19)33-22/h4-9,14-15,23H,3,10-13H2,1-2H3/t23-/m0/s1. The van der Waals surface area contributed by atoms with Crippen LogP contribution in [0.2, 0.25) is 5.02 Å². The number of ether oxygens (including phenoxy) is 1. The zero-order valence-electron chi connectivity index (χ0n) is 18.5. The normalized spacial score (nSPS) is 15.4. The molecular formula is C25H25ClN2O5. The summed E-state index contributed by atoms with van der Waals surface area (Å²) in [6.07, 6.45) is 0. The molecule has 0 unspecified atom stereocenters. The molecule has 7 nitrogen and oxygen atoms in total. The van der Waals surface area contributed by atoms with Crippen molar-refractivity contribution in [3.05, 3.63) is 80.7 Å². The summed E-state index contributed by atoms with van der Waals surface area (Å²) in [7, 11) is 0. The summed E-state index contributed by atoms with van der Waals surface area (Å²) in [6.45, 7) is 5.65. The third kappa shape index (κ3) is 4.94. The quantitative estimate of drug-likeness (QED) is 0.530. The van der Waals surface area contributed by atoms with E-state index in [1.807, 2.05) is 30.0 Å². The molecule has 1 aliphatic heterocycles. The molecule has 172 valence electrons. The molecule has 0 spiro atoms. The van der Waals surface area contributed by atoms with E-state index in [1.165, 1.54) is 6.07 Å². The Morgan fingerprint density at radius 2 is 1.76 bits per heavy atom. The van der Waals surface area contributed by atoms with Crippen molar-refractivity contribution in [1.29, 1.82) is 0 Å². The number of carbonyl (C=O) groups is 2. The van der Waals surface area contributed by atoms with Gasteiger partial charge in [0, 0.05) is 37.3 Å². The Balaban J connectivity index is 1.51. The highest BCUT2D eigenvalue weighted by molar-refractivity contribution is 6.30.